The van der Waals surface area contributed by atoms with Gasteiger partial charge in [0.05, 0.1) is 17.7 Å². The summed E-state index contributed by atoms with van der Waals surface area (Å²) in [6.07, 6.45) is 2.52. The summed E-state index contributed by atoms with van der Waals surface area (Å²) < 4.78 is 6.58. The van der Waals surface area contributed by atoms with E-state index in [0.29, 0.717) is 11.5 Å². The molecule has 1 heterocycles. The molecule has 0 fully saturated rings. The van der Waals surface area contributed by atoms with E-state index in [2.05, 4.69) is 26.5 Å². The average molecular weight is 367 g/mol. The number of hydrogen-bond acceptors (Lipinski definition) is 4. The minimum atomic E-state index is -0.215. The molecular formula is C15H15BrN2O2S. The first kappa shape index (κ1) is 15.7. The lowest BCUT2D eigenvalue weighted by Gasteiger charge is -2.08. The summed E-state index contributed by atoms with van der Waals surface area (Å²) in [7, 11) is 0. The second-order valence-corrected chi connectivity index (χ2v) is 6.07. The molecule has 1 N–H and O–H groups in total. The van der Waals surface area contributed by atoms with Gasteiger partial charge in [-0.2, -0.15) is 5.10 Å². The van der Waals surface area contributed by atoms with Crippen molar-refractivity contribution in [3.8, 4) is 5.75 Å². The molecule has 1 amide bonds. The largest absolute Gasteiger partial charge is 0.493 e. The first-order valence-corrected chi connectivity index (χ1v) is 8.17. The molecule has 0 aliphatic heterocycles. The number of benzene rings is 1. The maximum Gasteiger partial charge on any atom is 0.281 e. The van der Waals surface area contributed by atoms with Crippen LogP contribution in [0.3, 0.4) is 0 Å². The van der Waals surface area contributed by atoms with E-state index in [1.807, 2.05) is 36.6 Å². The molecule has 0 radical (unpaired) electrons. The van der Waals surface area contributed by atoms with Crippen molar-refractivity contribution in [3.63, 3.8) is 0 Å². The highest BCUT2D eigenvalue weighted by Crippen LogP contribution is 2.22. The van der Waals surface area contributed by atoms with Crippen molar-refractivity contribution >= 4 is 39.4 Å². The van der Waals surface area contributed by atoms with Crippen LogP contribution < -0.4 is 10.2 Å². The molecule has 0 atom stereocenters. The molecule has 1 aromatic heterocycles. The van der Waals surface area contributed by atoms with Crippen LogP contribution in [0.25, 0.3) is 0 Å². The quantitative estimate of drug-likeness (QED) is 0.618. The molecule has 0 saturated carbocycles. The van der Waals surface area contributed by atoms with Crippen LogP contribution in [0.5, 0.6) is 5.75 Å². The van der Waals surface area contributed by atoms with E-state index in [0.717, 1.165) is 22.2 Å². The van der Waals surface area contributed by atoms with E-state index in [4.69, 9.17) is 4.74 Å². The molecule has 2 rings (SSSR count). The third kappa shape index (κ3) is 4.68. The lowest BCUT2D eigenvalue weighted by atomic mass is 10.2. The van der Waals surface area contributed by atoms with Crippen molar-refractivity contribution in [1.29, 1.82) is 0 Å². The third-order valence-corrected chi connectivity index (χ3v) is 3.91. The summed E-state index contributed by atoms with van der Waals surface area (Å²) in [5.41, 5.74) is 3.32. The summed E-state index contributed by atoms with van der Waals surface area (Å²) in [5, 5.41) is 5.84. The van der Waals surface area contributed by atoms with Crippen molar-refractivity contribution < 1.29 is 9.53 Å². The number of halogens is 1. The van der Waals surface area contributed by atoms with Crippen LogP contribution in [0.15, 0.2) is 45.3 Å². The van der Waals surface area contributed by atoms with Crippen molar-refractivity contribution in [3.05, 3.63) is 50.6 Å². The van der Waals surface area contributed by atoms with Gasteiger partial charge in [0.1, 0.15) is 5.75 Å². The van der Waals surface area contributed by atoms with Crippen LogP contribution in [-0.4, -0.2) is 18.7 Å². The van der Waals surface area contributed by atoms with E-state index in [1.54, 1.807) is 12.3 Å². The SMILES string of the molecule is CCCOc1ccc(Br)cc1/C=N/NC(=O)c1cccs1. The molecule has 4 nitrogen and oxygen atoms in total. The monoisotopic (exact) mass is 366 g/mol. The Labute approximate surface area is 136 Å². The van der Waals surface area contributed by atoms with Crippen LogP contribution in [-0.2, 0) is 0 Å². The highest BCUT2D eigenvalue weighted by Gasteiger charge is 2.05. The van der Waals surface area contributed by atoms with Crippen LogP contribution >= 0.6 is 27.3 Å². The third-order valence-electron chi connectivity index (χ3n) is 2.55. The van der Waals surface area contributed by atoms with Gasteiger partial charge in [-0.15, -0.1) is 11.3 Å². The van der Waals surface area contributed by atoms with Gasteiger partial charge in [0.15, 0.2) is 0 Å². The Kier molecular flexibility index (Phi) is 5.95. The highest BCUT2D eigenvalue weighted by atomic mass is 79.9. The Morgan fingerprint density at radius 1 is 1.48 bits per heavy atom. The number of carbonyl (C=O) groups excluding carboxylic acids is 1. The zero-order chi connectivity index (χ0) is 15.1. The van der Waals surface area contributed by atoms with Gasteiger partial charge >= 0.3 is 0 Å². The smallest absolute Gasteiger partial charge is 0.281 e. The maximum atomic E-state index is 11.8. The first-order valence-electron chi connectivity index (χ1n) is 6.50. The highest BCUT2D eigenvalue weighted by molar-refractivity contribution is 9.10. The van der Waals surface area contributed by atoms with Crippen molar-refractivity contribution in [1.82, 2.24) is 5.43 Å². The lowest BCUT2D eigenvalue weighted by Crippen LogP contribution is -2.16. The number of hydrogen-bond donors (Lipinski definition) is 1. The molecule has 0 aliphatic carbocycles. The molecule has 0 saturated heterocycles. The van der Waals surface area contributed by atoms with Crippen LogP contribution in [0.1, 0.15) is 28.6 Å². The number of amides is 1. The van der Waals surface area contributed by atoms with Crippen molar-refractivity contribution in [2.75, 3.05) is 6.61 Å². The van der Waals surface area contributed by atoms with Crippen LogP contribution in [0, 0.1) is 0 Å². The number of thiophene rings is 1. The van der Waals surface area contributed by atoms with Crippen LogP contribution in [0.2, 0.25) is 0 Å². The number of ether oxygens (including phenoxy) is 1. The van der Waals surface area contributed by atoms with Crippen molar-refractivity contribution in [2.45, 2.75) is 13.3 Å². The standard InChI is InChI=1S/C15H15BrN2O2S/c1-2-7-20-13-6-5-12(16)9-11(13)10-17-18-15(19)14-4-3-8-21-14/h3-6,8-10H,2,7H2,1H3,(H,18,19)/b17-10+. The maximum absolute atomic E-state index is 11.8. The van der Waals surface area contributed by atoms with Crippen molar-refractivity contribution in [2.24, 2.45) is 5.10 Å². The Morgan fingerprint density at radius 3 is 3.05 bits per heavy atom. The van der Waals surface area contributed by atoms with Gasteiger partial charge in [0.25, 0.3) is 5.91 Å². The van der Waals surface area contributed by atoms with Gasteiger partial charge < -0.3 is 4.74 Å². The molecular weight excluding hydrogens is 352 g/mol. The predicted molar refractivity (Wildman–Crippen MR) is 89.3 cm³/mol. The number of carbonyl (C=O) groups is 1. The molecule has 6 heteroatoms. The Morgan fingerprint density at radius 2 is 2.33 bits per heavy atom. The van der Waals surface area contributed by atoms with Gasteiger partial charge in [-0.3, -0.25) is 4.79 Å². The molecule has 1 aromatic carbocycles. The molecule has 0 spiro atoms. The van der Waals surface area contributed by atoms with Crippen LogP contribution in [0.4, 0.5) is 0 Å². The fourth-order valence-corrected chi connectivity index (χ4v) is 2.58. The molecule has 0 unspecified atom stereocenters. The summed E-state index contributed by atoms with van der Waals surface area (Å²) in [5.74, 6) is 0.529. The average Bonchev–Trinajstić information content (AvgIpc) is 3.00. The Hall–Kier alpha value is -1.66. The van der Waals surface area contributed by atoms with E-state index in [9.17, 15) is 4.79 Å². The number of nitrogens with one attached hydrogen (secondary N) is 1. The summed E-state index contributed by atoms with van der Waals surface area (Å²) >= 11 is 4.79. The molecule has 21 heavy (non-hydrogen) atoms. The predicted octanol–water partition coefficient (Wildman–Crippen LogP) is 4.06. The topological polar surface area (TPSA) is 50.7 Å². The van der Waals surface area contributed by atoms with Gasteiger partial charge in [-0.05, 0) is 36.1 Å². The lowest BCUT2D eigenvalue weighted by molar-refractivity contribution is 0.0959. The second kappa shape index (κ2) is 7.95. The summed E-state index contributed by atoms with van der Waals surface area (Å²) in [4.78, 5) is 12.4. The normalized spacial score (nSPS) is 10.8. The van der Waals surface area contributed by atoms with E-state index in [-0.39, 0.29) is 5.91 Å². The zero-order valence-corrected chi connectivity index (χ0v) is 13.9. The van der Waals surface area contributed by atoms with Gasteiger partial charge in [-0.1, -0.05) is 28.9 Å². The van der Waals surface area contributed by atoms with Gasteiger partial charge in [0.2, 0.25) is 0 Å². The summed E-state index contributed by atoms with van der Waals surface area (Å²) in [6.45, 7) is 2.69. The number of rotatable bonds is 6. The zero-order valence-electron chi connectivity index (χ0n) is 11.5. The fraction of sp³-hybridized carbons (Fsp3) is 0.200. The minimum absolute atomic E-state index is 0.215. The second-order valence-electron chi connectivity index (χ2n) is 4.21. The summed E-state index contributed by atoms with van der Waals surface area (Å²) in [6, 6.07) is 9.26. The fourth-order valence-electron chi connectivity index (χ4n) is 1.59. The molecule has 0 aliphatic rings. The van der Waals surface area contributed by atoms with E-state index >= 15 is 0 Å². The molecule has 2 aromatic rings. The van der Waals surface area contributed by atoms with E-state index < -0.39 is 0 Å². The molecule has 110 valence electrons. The van der Waals surface area contributed by atoms with E-state index in [1.165, 1.54) is 11.3 Å². The van der Waals surface area contributed by atoms with Gasteiger partial charge in [0, 0.05) is 10.0 Å². The number of nitrogens with zero attached hydrogens (tertiary/aromatic N) is 1. The molecule has 0 bridgehead atoms. The minimum Gasteiger partial charge on any atom is -0.493 e. The Balaban J connectivity index is 2.05. The van der Waals surface area contributed by atoms with Gasteiger partial charge in [-0.25, -0.2) is 5.43 Å². The Bertz CT molecular complexity index is 627. The number of hydrazone groups is 1. The first-order chi connectivity index (χ1) is 10.2.